The molecule has 0 saturated heterocycles. The van der Waals surface area contributed by atoms with Crippen LogP contribution in [-0.4, -0.2) is 25.4 Å². The van der Waals surface area contributed by atoms with E-state index in [2.05, 4.69) is 10.1 Å². The molecule has 0 unspecified atom stereocenters. The van der Waals surface area contributed by atoms with Gasteiger partial charge in [0.15, 0.2) is 17.3 Å². The topological polar surface area (TPSA) is 82.5 Å². The Morgan fingerprint density at radius 2 is 2.00 bits per heavy atom. The van der Waals surface area contributed by atoms with Gasteiger partial charge in [0.25, 0.3) is 0 Å². The van der Waals surface area contributed by atoms with E-state index in [0.717, 1.165) is 5.56 Å². The highest BCUT2D eigenvalue weighted by Crippen LogP contribution is 2.44. The first-order chi connectivity index (χ1) is 14.0. The zero-order valence-corrected chi connectivity index (χ0v) is 16.3. The molecule has 3 aromatic heterocycles. The SMILES string of the molecule is CC(=O)C1=C(C)Oc2ncn3nc(-c4ccc(Cl)cc4)nc3c2[C@@H]1c1ccco1. The number of Topliss-reactive ketones (excluding diaryl/α,β-unsaturated/α-hetero) is 1. The number of allylic oxidation sites excluding steroid dienone is 2. The van der Waals surface area contributed by atoms with Crippen LogP contribution in [0.2, 0.25) is 5.02 Å². The number of furan rings is 1. The summed E-state index contributed by atoms with van der Waals surface area (Å²) >= 11 is 5.99. The second-order valence-corrected chi connectivity index (χ2v) is 7.19. The summed E-state index contributed by atoms with van der Waals surface area (Å²) in [6.45, 7) is 3.27. The minimum absolute atomic E-state index is 0.103. The Balaban J connectivity index is 1.76. The summed E-state index contributed by atoms with van der Waals surface area (Å²) in [7, 11) is 0. The van der Waals surface area contributed by atoms with Crippen LogP contribution in [0.15, 0.2) is 64.7 Å². The molecule has 0 spiro atoms. The molecule has 0 saturated carbocycles. The van der Waals surface area contributed by atoms with Gasteiger partial charge in [-0.15, -0.1) is 5.10 Å². The molecule has 0 N–H and O–H groups in total. The molecule has 1 aromatic carbocycles. The van der Waals surface area contributed by atoms with Crippen molar-refractivity contribution in [3.8, 4) is 17.3 Å². The van der Waals surface area contributed by atoms with Crippen LogP contribution in [0.1, 0.15) is 31.1 Å². The third kappa shape index (κ3) is 2.82. The normalized spacial score (nSPS) is 16.0. The molecular weight excluding hydrogens is 392 g/mol. The van der Waals surface area contributed by atoms with Crippen molar-refractivity contribution in [3.05, 3.63) is 76.7 Å². The van der Waals surface area contributed by atoms with Gasteiger partial charge in [-0.1, -0.05) is 11.6 Å². The lowest BCUT2D eigenvalue weighted by Gasteiger charge is -2.26. The van der Waals surface area contributed by atoms with Crippen LogP contribution in [0.5, 0.6) is 5.88 Å². The molecule has 4 aromatic rings. The third-order valence-corrected chi connectivity index (χ3v) is 5.15. The van der Waals surface area contributed by atoms with E-state index in [1.54, 1.807) is 42.2 Å². The Morgan fingerprint density at radius 1 is 1.21 bits per heavy atom. The molecule has 8 heteroatoms. The van der Waals surface area contributed by atoms with Gasteiger partial charge in [-0.25, -0.2) is 14.5 Å². The summed E-state index contributed by atoms with van der Waals surface area (Å²) < 4.78 is 13.1. The van der Waals surface area contributed by atoms with Crippen molar-refractivity contribution in [1.29, 1.82) is 0 Å². The fraction of sp³-hybridized carbons (Fsp3) is 0.143. The van der Waals surface area contributed by atoms with Crippen molar-refractivity contribution in [1.82, 2.24) is 19.6 Å². The lowest BCUT2D eigenvalue weighted by Crippen LogP contribution is -2.21. The zero-order valence-electron chi connectivity index (χ0n) is 15.6. The maximum atomic E-state index is 12.5. The molecule has 29 heavy (non-hydrogen) atoms. The van der Waals surface area contributed by atoms with Gasteiger partial charge >= 0.3 is 0 Å². The van der Waals surface area contributed by atoms with Gasteiger partial charge < -0.3 is 9.15 Å². The molecule has 144 valence electrons. The Morgan fingerprint density at radius 3 is 2.69 bits per heavy atom. The molecule has 0 radical (unpaired) electrons. The molecule has 7 nitrogen and oxygen atoms in total. The predicted molar refractivity (Wildman–Crippen MR) is 106 cm³/mol. The Bertz CT molecular complexity index is 1270. The number of ether oxygens (including phenoxy) is 1. The molecule has 1 aliphatic heterocycles. The van der Waals surface area contributed by atoms with Crippen LogP contribution >= 0.6 is 11.6 Å². The molecule has 4 heterocycles. The van der Waals surface area contributed by atoms with Crippen LogP contribution in [0, 0.1) is 0 Å². The number of halogens is 1. The lowest BCUT2D eigenvalue weighted by atomic mass is 9.85. The smallest absolute Gasteiger partial charge is 0.228 e. The lowest BCUT2D eigenvalue weighted by molar-refractivity contribution is -0.114. The van der Waals surface area contributed by atoms with Gasteiger partial charge in [-0.05, 0) is 50.2 Å². The van der Waals surface area contributed by atoms with Crippen molar-refractivity contribution in [2.45, 2.75) is 19.8 Å². The fourth-order valence-corrected chi connectivity index (χ4v) is 3.78. The van der Waals surface area contributed by atoms with Crippen LogP contribution < -0.4 is 4.74 Å². The summed E-state index contributed by atoms with van der Waals surface area (Å²) in [5, 5.41) is 5.17. The summed E-state index contributed by atoms with van der Waals surface area (Å²) in [5.74, 6) is 1.44. The fourth-order valence-electron chi connectivity index (χ4n) is 3.65. The number of benzene rings is 1. The Hall–Kier alpha value is -3.45. The van der Waals surface area contributed by atoms with E-state index in [4.69, 9.17) is 25.7 Å². The third-order valence-electron chi connectivity index (χ3n) is 4.90. The van der Waals surface area contributed by atoms with E-state index in [9.17, 15) is 4.79 Å². The Kier molecular flexibility index (Phi) is 3.99. The van der Waals surface area contributed by atoms with Crippen LogP contribution in [0.25, 0.3) is 17.0 Å². The van der Waals surface area contributed by atoms with Gasteiger partial charge in [0.05, 0.1) is 17.7 Å². The van der Waals surface area contributed by atoms with E-state index < -0.39 is 5.92 Å². The summed E-state index contributed by atoms with van der Waals surface area (Å²) in [6.07, 6.45) is 3.12. The standard InChI is InChI=1S/C21H15ClN4O3/c1-11(27)16-12(2)29-21-18(17(16)15-4-3-9-28-15)20-24-19(25-26(20)10-23-21)13-5-7-14(22)8-6-13/h3-10,17H,1-2H3/t17-/m1/s1. The predicted octanol–water partition coefficient (Wildman–Crippen LogP) is 4.43. The zero-order chi connectivity index (χ0) is 20.1. The monoisotopic (exact) mass is 406 g/mol. The number of aromatic nitrogens is 4. The maximum absolute atomic E-state index is 12.5. The molecule has 0 bridgehead atoms. The highest BCUT2D eigenvalue weighted by Gasteiger charge is 2.37. The van der Waals surface area contributed by atoms with Crippen molar-refractivity contribution in [2.24, 2.45) is 0 Å². The van der Waals surface area contributed by atoms with Gasteiger partial charge in [0, 0.05) is 16.2 Å². The van der Waals surface area contributed by atoms with Crippen LogP contribution in [-0.2, 0) is 4.79 Å². The first-order valence-corrected chi connectivity index (χ1v) is 9.35. The quantitative estimate of drug-likeness (QED) is 0.500. The number of rotatable bonds is 3. The van der Waals surface area contributed by atoms with Gasteiger partial charge in [0.2, 0.25) is 5.88 Å². The van der Waals surface area contributed by atoms with Crippen LogP contribution in [0.3, 0.4) is 0 Å². The van der Waals surface area contributed by atoms with Crippen molar-refractivity contribution >= 4 is 23.0 Å². The minimum Gasteiger partial charge on any atom is -0.468 e. The number of carbonyl (C=O) groups is 1. The van der Waals surface area contributed by atoms with Crippen molar-refractivity contribution < 1.29 is 13.9 Å². The number of carbonyl (C=O) groups excluding carboxylic acids is 1. The highest BCUT2D eigenvalue weighted by atomic mass is 35.5. The Labute approximate surface area is 170 Å². The van der Waals surface area contributed by atoms with Gasteiger partial charge in [-0.2, -0.15) is 0 Å². The number of hydrogen-bond donors (Lipinski definition) is 0. The molecule has 1 aliphatic rings. The summed E-state index contributed by atoms with van der Waals surface area (Å²) in [4.78, 5) is 21.6. The van der Waals surface area contributed by atoms with E-state index in [1.165, 1.54) is 6.92 Å². The van der Waals surface area contributed by atoms with Gasteiger partial charge in [0.1, 0.15) is 17.8 Å². The maximum Gasteiger partial charge on any atom is 0.228 e. The number of hydrogen-bond acceptors (Lipinski definition) is 6. The molecule has 0 amide bonds. The number of fused-ring (bicyclic) bond motifs is 3. The average molecular weight is 407 g/mol. The van der Waals surface area contributed by atoms with E-state index in [0.29, 0.717) is 45.0 Å². The summed E-state index contributed by atoms with van der Waals surface area (Å²) in [6, 6.07) is 10.9. The highest BCUT2D eigenvalue weighted by molar-refractivity contribution is 6.30. The second kappa shape index (κ2) is 6.56. The van der Waals surface area contributed by atoms with E-state index in [1.807, 2.05) is 18.2 Å². The first-order valence-electron chi connectivity index (χ1n) is 8.97. The number of nitrogens with zero attached hydrogens (tertiary/aromatic N) is 4. The first kappa shape index (κ1) is 17.6. The molecule has 1 atom stereocenters. The molecule has 0 aliphatic carbocycles. The minimum atomic E-state index is -0.482. The van der Waals surface area contributed by atoms with Crippen LogP contribution in [0.4, 0.5) is 0 Å². The number of ketones is 1. The summed E-state index contributed by atoms with van der Waals surface area (Å²) in [5.41, 5.74) is 2.52. The van der Waals surface area contributed by atoms with E-state index in [-0.39, 0.29) is 5.78 Å². The second-order valence-electron chi connectivity index (χ2n) is 6.75. The molecule has 0 fully saturated rings. The van der Waals surface area contributed by atoms with Crippen molar-refractivity contribution in [3.63, 3.8) is 0 Å². The van der Waals surface area contributed by atoms with E-state index >= 15 is 0 Å². The molecule has 5 rings (SSSR count). The largest absolute Gasteiger partial charge is 0.468 e. The average Bonchev–Trinajstić information content (AvgIpc) is 3.37. The van der Waals surface area contributed by atoms with Crippen molar-refractivity contribution in [2.75, 3.05) is 0 Å². The molecular formula is C21H15ClN4O3. The van der Waals surface area contributed by atoms with Gasteiger partial charge in [-0.3, -0.25) is 4.79 Å².